The van der Waals surface area contributed by atoms with Crippen molar-refractivity contribution >= 4 is 27.5 Å². The molecular formula is C26H30N2O4S. The maximum absolute atomic E-state index is 13.3. The number of hydrogen-bond acceptors (Lipinski definition) is 4. The van der Waals surface area contributed by atoms with E-state index in [2.05, 4.69) is 16.6 Å². The Labute approximate surface area is 195 Å². The number of carbonyl (C=O) groups is 2. The lowest BCUT2D eigenvalue weighted by Gasteiger charge is -2.31. The molecule has 1 aliphatic heterocycles. The van der Waals surface area contributed by atoms with E-state index in [1.165, 1.54) is 6.07 Å². The quantitative estimate of drug-likeness (QED) is 0.628. The molecule has 0 radical (unpaired) electrons. The number of anilines is 1. The first-order chi connectivity index (χ1) is 15.5. The van der Waals surface area contributed by atoms with Crippen LogP contribution in [0.25, 0.3) is 0 Å². The second-order valence-corrected chi connectivity index (χ2v) is 11.7. The van der Waals surface area contributed by atoms with E-state index in [1.807, 2.05) is 57.2 Å². The third-order valence-electron chi connectivity index (χ3n) is 7.08. The fourth-order valence-corrected chi connectivity index (χ4v) is 6.31. The van der Waals surface area contributed by atoms with Crippen LogP contribution in [0.5, 0.6) is 0 Å². The summed E-state index contributed by atoms with van der Waals surface area (Å²) < 4.78 is 28.9. The maximum atomic E-state index is 13.3. The molecule has 0 spiro atoms. The fourth-order valence-electron chi connectivity index (χ4n) is 5.06. The first-order valence-corrected chi connectivity index (χ1v) is 12.6. The van der Waals surface area contributed by atoms with Gasteiger partial charge < -0.3 is 5.32 Å². The summed E-state index contributed by atoms with van der Waals surface area (Å²) in [7, 11) is -4.18. The zero-order chi connectivity index (χ0) is 24.0. The Kier molecular flexibility index (Phi) is 5.73. The van der Waals surface area contributed by atoms with Crippen molar-refractivity contribution < 1.29 is 18.0 Å². The van der Waals surface area contributed by atoms with Crippen LogP contribution in [-0.4, -0.2) is 20.2 Å². The zero-order valence-corrected chi connectivity index (χ0v) is 20.0. The molecule has 3 atom stereocenters. The number of allylic oxidation sites excluding steroid dienone is 1. The highest BCUT2D eigenvalue weighted by Crippen LogP contribution is 2.64. The van der Waals surface area contributed by atoms with Crippen molar-refractivity contribution in [3.8, 4) is 0 Å². The Morgan fingerprint density at radius 1 is 1.18 bits per heavy atom. The Balaban J connectivity index is 1.60. The van der Waals surface area contributed by atoms with Crippen molar-refractivity contribution in [2.75, 3.05) is 5.32 Å². The molecule has 0 aromatic heterocycles. The van der Waals surface area contributed by atoms with Crippen LogP contribution in [0.3, 0.4) is 0 Å². The van der Waals surface area contributed by atoms with Gasteiger partial charge in [0.05, 0.1) is 11.1 Å². The summed E-state index contributed by atoms with van der Waals surface area (Å²) in [5, 5.41) is 2.80. The van der Waals surface area contributed by atoms with Gasteiger partial charge in [0.2, 0.25) is 11.8 Å². The van der Waals surface area contributed by atoms with Crippen molar-refractivity contribution in [1.29, 1.82) is 0 Å². The average molecular weight is 467 g/mol. The number of amides is 2. The summed E-state index contributed by atoms with van der Waals surface area (Å²) in [6.07, 6.45) is 3.27. The predicted octanol–water partition coefficient (Wildman–Crippen LogP) is 4.08. The molecule has 1 unspecified atom stereocenters. The molecule has 4 rings (SSSR count). The molecule has 1 aliphatic carbocycles. The molecule has 1 heterocycles. The highest BCUT2D eigenvalue weighted by Gasteiger charge is 2.65. The number of hydrogen-bond donors (Lipinski definition) is 2. The van der Waals surface area contributed by atoms with Gasteiger partial charge in [-0.05, 0) is 47.8 Å². The Bertz CT molecular complexity index is 1210. The smallest absolute Gasteiger partial charge is 0.266 e. The molecule has 33 heavy (non-hydrogen) atoms. The average Bonchev–Trinajstić information content (AvgIpc) is 3.51. The Hall–Kier alpha value is -2.93. The summed E-state index contributed by atoms with van der Waals surface area (Å²) in [5.41, 5.74) is 0.798. The Morgan fingerprint density at radius 3 is 2.48 bits per heavy atom. The molecule has 0 saturated heterocycles. The van der Waals surface area contributed by atoms with Crippen molar-refractivity contribution in [2.45, 2.75) is 44.9 Å². The molecule has 174 valence electrons. The normalized spacial score (nSPS) is 24.4. The van der Waals surface area contributed by atoms with Crippen LogP contribution in [0, 0.1) is 22.7 Å². The zero-order valence-electron chi connectivity index (χ0n) is 19.2. The second kappa shape index (κ2) is 8.13. The molecule has 1 fully saturated rings. The van der Waals surface area contributed by atoms with Crippen molar-refractivity contribution in [3.05, 3.63) is 72.3 Å². The molecule has 2 aliphatic rings. The molecule has 7 heteroatoms. The summed E-state index contributed by atoms with van der Waals surface area (Å²) >= 11 is 0. The van der Waals surface area contributed by atoms with Crippen LogP contribution >= 0.6 is 0 Å². The summed E-state index contributed by atoms with van der Waals surface area (Å²) in [4.78, 5) is 26.0. The Morgan fingerprint density at radius 2 is 1.88 bits per heavy atom. The molecule has 2 aromatic carbocycles. The van der Waals surface area contributed by atoms with E-state index in [0.717, 1.165) is 11.1 Å². The number of para-hydroxylation sites is 1. The number of benzene rings is 2. The second-order valence-electron chi connectivity index (χ2n) is 10.1. The SMILES string of the molecule is C=C[C@@H]1C[C@@]1(C(=O)NS(=O)(=O)c1cccc2c1NC(=O)C(Cc1ccccc1)C2)C(C)(C)C. The standard InChI is InChI=1S/C26H30N2O4S/c1-5-20-16-26(20,25(2,3)4)24(30)28-33(31,32)21-13-9-12-18-15-19(23(29)27-22(18)21)14-17-10-7-6-8-11-17/h5-13,19-20H,1,14-16H2,2-4H3,(H,27,29)(H,28,30)/t19?,20-,26-/m1/s1. The molecule has 1 saturated carbocycles. The maximum Gasteiger partial charge on any atom is 0.266 e. The van der Waals surface area contributed by atoms with Crippen molar-refractivity contribution in [3.63, 3.8) is 0 Å². The third kappa shape index (κ3) is 4.10. The summed E-state index contributed by atoms with van der Waals surface area (Å²) in [6, 6.07) is 14.6. The molecule has 2 N–H and O–H groups in total. The monoisotopic (exact) mass is 466 g/mol. The van der Waals surface area contributed by atoms with Gasteiger partial charge in [-0.1, -0.05) is 69.3 Å². The van der Waals surface area contributed by atoms with Crippen molar-refractivity contribution in [2.24, 2.45) is 22.7 Å². The van der Waals surface area contributed by atoms with E-state index in [0.29, 0.717) is 19.3 Å². The van der Waals surface area contributed by atoms with Gasteiger partial charge in [-0.25, -0.2) is 13.1 Å². The largest absolute Gasteiger partial charge is 0.324 e. The van der Waals surface area contributed by atoms with E-state index >= 15 is 0 Å². The number of rotatable bonds is 6. The highest BCUT2D eigenvalue weighted by atomic mass is 32.2. The number of fused-ring (bicyclic) bond motifs is 1. The fraction of sp³-hybridized carbons (Fsp3) is 0.385. The number of nitrogens with one attached hydrogen (secondary N) is 2. The summed E-state index contributed by atoms with van der Waals surface area (Å²) in [6.45, 7) is 9.59. The van der Waals surface area contributed by atoms with Crippen LogP contribution in [0.2, 0.25) is 0 Å². The van der Waals surface area contributed by atoms with Gasteiger partial charge in [-0.15, -0.1) is 6.58 Å². The van der Waals surface area contributed by atoms with Crippen LogP contribution < -0.4 is 10.0 Å². The predicted molar refractivity (Wildman–Crippen MR) is 128 cm³/mol. The minimum atomic E-state index is -4.18. The molecule has 6 nitrogen and oxygen atoms in total. The number of sulfonamides is 1. The van der Waals surface area contributed by atoms with E-state index in [9.17, 15) is 18.0 Å². The first-order valence-electron chi connectivity index (χ1n) is 11.2. The lowest BCUT2D eigenvalue weighted by atomic mass is 9.75. The third-order valence-corrected chi connectivity index (χ3v) is 8.46. The number of carbonyl (C=O) groups excluding carboxylic acids is 2. The van der Waals surface area contributed by atoms with Crippen LogP contribution in [0.4, 0.5) is 5.69 Å². The van der Waals surface area contributed by atoms with Gasteiger partial charge in [0.15, 0.2) is 0 Å². The van der Waals surface area contributed by atoms with E-state index < -0.39 is 26.8 Å². The van der Waals surface area contributed by atoms with E-state index in [-0.39, 0.29) is 28.3 Å². The highest BCUT2D eigenvalue weighted by molar-refractivity contribution is 7.90. The van der Waals surface area contributed by atoms with Crippen LogP contribution in [0.1, 0.15) is 38.3 Å². The van der Waals surface area contributed by atoms with Crippen molar-refractivity contribution in [1.82, 2.24) is 4.72 Å². The van der Waals surface area contributed by atoms with Crippen LogP contribution in [-0.2, 0) is 32.5 Å². The van der Waals surface area contributed by atoms with E-state index in [1.54, 1.807) is 12.1 Å². The van der Waals surface area contributed by atoms with E-state index in [4.69, 9.17) is 0 Å². The minimum Gasteiger partial charge on any atom is -0.324 e. The molecule has 2 aromatic rings. The molecular weight excluding hydrogens is 436 g/mol. The molecule has 0 bridgehead atoms. The van der Waals surface area contributed by atoms with Gasteiger partial charge in [-0.3, -0.25) is 9.59 Å². The van der Waals surface area contributed by atoms with Crippen LogP contribution in [0.15, 0.2) is 66.1 Å². The first kappa shape index (κ1) is 23.2. The lowest BCUT2D eigenvalue weighted by Crippen LogP contribution is -2.44. The summed E-state index contributed by atoms with van der Waals surface area (Å²) in [5.74, 6) is -1.12. The van der Waals surface area contributed by atoms with Gasteiger partial charge in [0.1, 0.15) is 4.90 Å². The van der Waals surface area contributed by atoms with Gasteiger partial charge >= 0.3 is 0 Å². The van der Waals surface area contributed by atoms with Gasteiger partial charge in [0.25, 0.3) is 10.0 Å². The van der Waals surface area contributed by atoms with Gasteiger partial charge in [-0.2, -0.15) is 0 Å². The van der Waals surface area contributed by atoms with Gasteiger partial charge in [0, 0.05) is 5.92 Å². The lowest BCUT2D eigenvalue weighted by molar-refractivity contribution is -0.128. The minimum absolute atomic E-state index is 0.0733. The topological polar surface area (TPSA) is 92.3 Å². The molecule has 2 amide bonds.